The summed E-state index contributed by atoms with van der Waals surface area (Å²) in [7, 11) is 0. The number of fused-ring (bicyclic) bond motifs is 4. The second-order valence-electron chi connectivity index (χ2n) is 11.4. The predicted molar refractivity (Wildman–Crippen MR) is 188 cm³/mol. The number of pyridine rings is 1. The number of para-hydroxylation sites is 1. The third-order valence-corrected chi connectivity index (χ3v) is 8.87. The van der Waals surface area contributed by atoms with Gasteiger partial charge in [0, 0.05) is 23.6 Å². The first kappa shape index (κ1) is 25.4. The average Bonchev–Trinajstić information content (AvgIpc) is 3.50. The summed E-state index contributed by atoms with van der Waals surface area (Å²) in [6, 6.07) is 54.3. The van der Waals surface area contributed by atoms with E-state index >= 15 is 0 Å². The molecular formula is C42H27N3. The minimum atomic E-state index is 0.900. The topological polar surface area (TPSA) is 30.7 Å². The molecule has 3 nitrogen and oxygen atoms in total. The molecule has 9 aromatic rings. The molecule has 0 aliphatic carbocycles. The van der Waals surface area contributed by atoms with Crippen LogP contribution in [0.5, 0.6) is 0 Å². The number of aromatic nitrogens is 3. The van der Waals surface area contributed by atoms with Crippen LogP contribution in [-0.2, 0) is 0 Å². The number of hydrogen-bond acceptors (Lipinski definition) is 2. The van der Waals surface area contributed by atoms with Crippen LogP contribution in [0, 0.1) is 0 Å². The van der Waals surface area contributed by atoms with Crippen molar-refractivity contribution in [2.45, 2.75) is 0 Å². The van der Waals surface area contributed by atoms with Crippen molar-refractivity contribution in [3.05, 3.63) is 164 Å². The molecule has 210 valence electrons. The van der Waals surface area contributed by atoms with E-state index < -0.39 is 0 Å². The Bertz CT molecular complexity index is 2470. The van der Waals surface area contributed by atoms with Gasteiger partial charge in [-0.05, 0) is 97.0 Å². The highest BCUT2D eigenvalue weighted by molar-refractivity contribution is 6.22. The number of imidazole rings is 1. The van der Waals surface area contributed by atoms with Crippen molar-refractivity contribution in [2.24, 2.45) is 0 Å². The van der Waals surface area contributed by atoms with Gasteiger partial charge in [-0.2, -0.15) is 0 Å². The third kappa shape index (κ3) is 4.13. The molecule has 0 unspecified atom stereocenters. The highest BCUT2D eigenvalue weighted by atomic mass is 15.1. The molecule has 0 N–H and O–H groups in total. The summed E-state index contributed by atoms with van der Waals surface area (Å²) in [4.78, 5) is 9.48. The molecule has 0 radical (unpaired) electrons. The third-order valence-electron chi connectivity index (χ3n) is 8.87. The molecule has 3 heteroatoms. The Hall–Kier alpha value is -6.06. The van der Waals surface area contributed by atoms with E-state index in [4.69, 9.17) is 4.98 Å². The molecule has 0 saturated heterocycles. The molecule has 0 fully saturated rings. The summed E-state index contributed by atoms with van der Waals surface area (Å²) < 4.78 is 2.24. The van der Waals surface area contributed by atoms with Gasteiger partial charge in [-0.1, -0.05) is 109 Å². The van der Waals surface area contributed by atoms with Crippen LogP contribution in [-0.4, -0.2) is 14.5 Å². The zero-order valence-corrected chi connectivity index (χ0v) is 24.4. The SMILES string of the molecule is c1ccc(-n2c(-c3ccncc3)nc3cc(-c4c5ccccc5c(-c5ccc6ccccc6c5)c5ccccc45)ccc32)cc1. The molecule has 2 heterocycles. The van der Waals surface area contributed by atoms with Crippen LogP contribution in [0.4, 0.5) is 0 Å². The Morgan fingerprint density at radius 3 is 1.64 bits per heavy atom. The monoisotopic (exact) mass is 573 g/mol. The Labute approximate surface area is 260 Å². The van der Waals surface area contributed by atoms with Crippen LogP contribution in [0.25, 0.3) is 82.7 Å². The average molecular weight is 574 g/mol. The lowest BCUT2D eigenvalue weighted by Crippen LogP contribution is -1.97. The fourth-order valence-electron chi connectivity index (χ4n) is 6.86. The molecule has 0 bridgehead atoms. The van der Waals surface area contributed by atoms with E-state index in [0.717, 1.165) is 33.7 Å². The standard InChI is InChI=1S/C42H27N3/c1-2-12-33(13-3-1)45-39-21-20-32(27-38(39)44-42(45)29-22-24-43-25-23-29)41-36-16-8-6-14-34(36)40(35-15-7-9-17-37(35)41)31-19-18-28-10-4-5-11-30(28)26-31/h1-27H. The van der Waals surface area contributed by atoms with E-state index in [1.807, 2.05) is 30.6 Å². The van der Waals surface area contributed by atoms with E-state index in [1.54, 1.807) is 0 Å². The number of rotatable bonds is 4. The maximum absolute atomic E-state index is 5.23. The van der Waals surface area contributed by atoms with Gasteiger partial charge >= 0.3 is 0 Å². The Morgan fingerprint density at radius 1 is 0.422 bits per heavy atom. The largest absolute Gasteiger partial charge is 0.292 e. The minimum absolute atomic E-state index is 0.900. The van der Waals surface area contributed by atoms with Crippen molar-refractivity contribution in [1.29, 1.82) is 0 Å². The van der Waals surface area contributed by atoms with Crippen molar-refractivity contribution in [3.8, 4) is 39.3 Å². The fourth-order valence-corrected chi connectivity index (χ4v) is 6.86. The summed E-state index contributed by atoms with van der Waals surface area (Å²) >= 11 is 0. The van der Waals surface area contributed by atoms with E-state index in [9.17, 15) is 0 Å². The smallest absolute Gasteiger partial charge is 0.145 e. The van der Waals surface area contributed by atoms with Crippen molar-refractivity contribution >= 4 is 43.4 Å². The maximum atomic E-state index is 5.23. The minimum Gasteiger partial charge on any atom is -0.292 e. The molecule has 2 aromatic heterocycles. The number of nitrogens with zero attached hydrogens (tertiary/aromatic N) is 3. The van der Waals surface area contributed by atoms with Crippen LogP contribution in [0.2, 0.25) is 0 Å². The quantitative estimate of drug-likeness (QED) is 0.196. The highest BCUT2D eigenvalue weighted by Gasteiger charge is 2.19. The summed E-state index contributed by atoms with van der Waals surface area (Å²) in [5, 5.41) is 7.45. The van der Waals surface area contributed by atoms with E-state index in [1.165, 1.54) is 49.0 Å². The molecular weight excluding hydrogens is 546 g/mol. The van der Waals surface area contributed by atoms with E-state index in [-0.39, 0.29) is 0 Å². The molecule has 0 spiro atoms. The van der Waals surface area contributed by atoms with Crippen LogP contribution in [0.15, 0.2) is 164 Å². The first-order valence-electron chi connectivity index (χ1n) is 15.2. The maximum Gasteiger partial charge on any atom is 0.145 e. The summed E-state index contributed by atoms with van der Waals surface area (Å²) in [6.45, 7) is 0. The van der Waals surface area contributed by atoms with Gasteiger partial charge in [-0.15, -0.1) is 0 Å². The van der Waals surface area contributed by atoms with Gasteiger partial charge < -0.3 is 0 Å². The van der Waals surface area contributed by atoms with Gasteiger partial charge in [0.15, 0.2) is 0 Å². The van der Waals surface area contributed by atoms with Crippen LogP contribution >= 0.6 is 0 Å². The van der Waals surface area contributed by atoms with Crippen molar-refractivity contribution < 1.29 is 0 Å². The molecule has 0 aliphatic heterocycles. The fraction of sp³-hybridized carbons (Fsp3) is 0. The lowest BCUT2D eigenvalue weighted by Gasteiger charge is -2.18. The second kappa shape index (κ2) is 10.3. The zero-order valence-electron chi connectivity index (χ0n) is 24.4. The molecule has 0 amide bonds. The van der Waals surface area contributed by atoms with Crippen molar-refractivity contribution in [3.63, 3.8) is 0 Å². The summed E-state index contributed by atoms with van der Waals surface area (Å²) in [6.07, 6.45) is 3.65. The Kier molecular flexibility index (Phi) is 5.82. The van der Waals surface area contributed by atoms with Crippen LogP contribution in [0.3, 0.4) is 0 Å². The Balaban J connectivity index is 1.32. The normalized spacial score (nSPS) is 11.6. The van der Waals surface area contributed by atoms with Crippen molar-refractivity contribution in [2.75, 3.05) is 0 Å². The first-order chi connectivity index (χ1) is 22.3. The van der Waals surface area contributed by atoms with E-state index in [0.29, 0.717) is 0 Å². The lowest BCUT2D eigenvalue weighted by molar-refractivity contribution is 1.10. The second-order valence-corrected chi connectivity index (χ2v) is 11.4. The zero-order chi connectivity index (χ0) is 29.7. The van der Waals surface area contributed by atoms with Gasteiger partial charge in [0.25, 0.3) is 0 Å². The van der Waals surface area contributed by atoms with Gasteiger partial charge in [-0.3, -0.25) is 9.55 Å². The Morgan fingerprint density at radius 2 is 0.978 bits per heavy atom. The summed E-state index contributed by atoms with van der Waals surface area (Å²) in [5.41, 5.74) is 9.01. The molecule has 0 aliphatic rings. The van der Waals surface area contributed by atoms with Gasteiger partial charge in [-0.25, -0.2) is 4.98 Å². The molecule has 7 aromatic carbocycles. The number of benzene rings is 7. The van der Waals surface area contributed by atoms with Crippen molar-refractivity contribution in [1.82, 2.24) is 14.5 Å². The van der Waals surface area contributed by atoms with Crippen LogP contribution in [0.1, 0.15) is 0 Å². The van der Waals surface area contributed by atoms with Crippen LogP contribution < -0.4 is 0 Å². The summed E-state index contributed by atoms with van der Waals surface area (Å²) in [5.74, 6) is 0.900. The molecule has 0 atom stereocenters. The first-order valence-corrected chi connectivity index (χ1v) is 15.2. The van der Waals surface area contributed by atoms with Gasteiger partial charge in [0.2, 0.25) is 0 Å². The van der Waals surface area contributed by atoms with E-state index in [2.05, 4.69) is 143 Å². The van der Waals surface area contributed by atoms with Gasteiger partial charge in [0.1, 0.15) is 5.82 Å². The highest BCUT2D eigenvalue weighted by Crippen LogP contribution is 2.44. The molecule has 45 heavy (non-hydrogen) atoms. The van der Waals surface area contributed by atoms with Gasteiger partial charge in [0.05, 0.1) is 11.0 Å². The lowest BCUT2D eigenvalue weighted by atomic mass is 9.85. The number of hydrogen-bond donors (Lipinski definition) is 0. The molecule has 9 rings (SSSR count). The molecule has 0 saturated carbocycles. The predicted octanol–water partition coefficient (Wildman–Crippen LogP) is 10.9.